The maximum atomic E-state index is 5.94. The summed E-state index contributed by atoms with van der Waals surface area (Å²) < 4.78 is 5.94. The van der Waals surface area contributed by atoms with Crippen LogP contribution in [0.2, 0.25) is 0 Å². The molecule has 4 heteroatoms. The highest BCUT2D eigenvalue weighted by molar-refractivity contribution is 5.81. The summed E-state index contributed by atoms with van der Waals surface area (Å²) in [6.07, 6.45) is 4.38. The Bertz CT molecular complexity index is 327. The van der Waals surface area contributed by atoms with Crippen molar-refractivity contribution < 1.29 is 4.74 Å². The van der Waals surface area contributed by atoms with Crippen molar-refractivity contribution in [3.8, 4) is 0 Å². The average Bonchev–Trinajstić information content (AvgIpc) is 2.95. The lowest BCUT2D eigenvalue weighted by atomic mass is 9.81. The Balaban J connectivity index is 1.59. The van der Waals surface area contributed by atoms with E-state index in [9.17, 15) is 0 Å². The molecule has 1 N–H and O–H groups in total. The van der Waals surface area contributed by atoms with Crippen LogP contribution in [0.3, 0.4) is 0 Å². The van der Waals surface area contributed by atoms with Crippen LogP contribution in [0.4, 0.5) is 0 Å². The Labute approximate surface area is 103 Å². The normalized spacial score (nSPS) is 37.4. The molecular formula is C13H23N3O. The predicted octanol–water partition coefficient (Wildman–Crippen LogP) is 1.08. The molecule has 2 aliphatic heterocycles. The summed E-state index contributed by atoms with van der Waals surface area (Å²) in [4.78, 5) is 6.68. The van der Waals surface area contributed by atoms with Crippen molar-refractivity contribution in [2.75, 3.05) is 33.3 Å². The third-order valence-electron chi connectivity index (χ3n) is 4.42. The van der Waals surface area contributed by atoms with Crippen molar-refractivity contribution in [1.29, 1.82) is 0 Å². The van der Waals surface area contributed by atoms with Crippen molar-refractivity contribution in [3.05, 3.63) is 0 Å². The van der Waals surface area contributed by atoms with Crippen LogP contribution in [-0.4, -0.2) is 50.3 Å². The topological polar surface area (TPSA) is 36.9 Å². The van der Waals surface area contributed by atoms with Gasteiger partial charge in [-0.2, -0.15) is 0 Å². The molecule has 0 aromatic rings. The van der Waals surface area contributed by atoms with Gasteiger partial charge in [-0.3, -0.25) is 4.99 Å². The lowest BCUT2D eigenvalue weighted by Gasteiger charge is -2.31. The smallest absolute Gasteiger partial charge is 0.193 e. The highest BCUT2D eigenvalue weighted by Crippen LogP contribution is 2.47. The van der Waals surface area contributed by atoms with Gasteiger partial charge in [-0.15, -0.1) is 0 Å². The minimum atomic E-state index is 0.299. The molecule has 0 bridgehead atoms. The van der Waals surface area contributed by atoms with Crippen LogP contribution in [0.5, 0.6) is 0 Å². The zero-order valence-corrected chi connectivity index (χ0v) is 10.9. The number of aliphatic imine (C=N–C) groups is 1. The van der Waals surface area contributed by atoms with Gasteiger partial charge < -0.3 is 15.0 Å². The molecule has 2 unspecified atom stereocenters. The summed E-state index contributed by atoms with van der Waals surface area (Å²) in [5.41, 5.74) is 0.299. The van der Waals surface area contributed by atoms with Gasteiger partial charge in [0.05, 0.1) is 12.6 Å². The van der Waals surface area contributed by atoms with E-state index in [0.717, 1.165) is 38.1 Å². The molecule has 17 heavy (non-hydrogen) atoms. The first-order valence-corrected chi connectivity index (χ1v) is 6.80. The van der Waals surface area contributed by atoms with Crippen molar-refractivity contribution in [3.63, 3.8) is 0 Å². The van der Waals surface area contributed by atoms with E-state index in [-0.39, 0.29) is 0 Å². The summed E-state index contributed by atoms with van der Waals surface area (Å²) in [7, 11) is 2.10. The fourth-order valence-electron chi connectivity index (χ4n) is 3.06. The third-order valence-corrected chi connectivity index (χ3v) is 4.42. The lowest BCUT2D eigenvalue weighted by molar-refractivity contribution is 0.0403. The van der Waals surface area contributed by atoms with Crippen molar-refractivity contribution in [2.24, 2.45) is 16.3 Å². The zero-order chi connectivity index (χ0) is 11.9. The van der Waals surface area contributed by atoms with E-state index >= 15 is 0 Å². The Hall–Kier alpha value is -0.770. The first-order valence-electron chi connectivity index (χ1n) is 6.80. The Kier molecular flexibility index (Phi) is 2.77. The third kappa shape index (κ3) is 2.15. The van der Waals surface area contributed by atoms with Crippen LogP contribution in [0, 0.1) is 11.3 Å². The molecule has 0 radical (unpaired) electrons. The molecule has 2 heterocycles. The van der Waals surface area contributed by atoms with Crippen molar-refractivity contribution >= 4 is 5.96 Å². The summed E-state index contributed by atoms with van der Waals surface area (Å²) >= 11 is 0. The van der Waals surface area contributed by atoms with Gasteiger partial charge in [0.15, 0.2) is 5.96 Å². The Morgan fingerprint density at radius 3 is 3.00 bits per heavy atom. The number of hydrogen-bond donors (Lipinski definition) is 1. The van der Waals surface area contributed by atoms with Gasteiger partial charge >= 0.3 is 0 Å². The Morgan fingerprint density at radius 1 is 1.53 bits per heavy atom. The van der Waals surface area contributed by atoms with Crippen LogP contribution in [0.15, 0.2) is 4.99 Å². The monoisotopic (exact) mass is 237 g/mol. The van der Waals surface area contributed by atoms with Gasteiger partial charge in [-0.1, -0.05) is 6.92 Å². The van der Waals surface area contributed by atoms with Gasteiger partial charge in [-0.25, -0.2) is 0 Å². The number of guanidine groups is 1. The van der Waals surface area contributed by atoms with Gasteiger partial charge in [-0.05, 0) is 25.2 Å². The fourth-order valence-corrected chi connectivity index (χ4v) is 3.06. The molecule has 0 spiro atoms. The molecule has 0 aromatic heterocycles. The van der Waals surface area contributed by atoms with Gasteiger partial charge in [0.2, 0.25) is 0 Å². The van der Waals surface area contributed by atoms with Crippen molar-refractivity contribution in [2.45, 2.75) is 32.3 Å². The largest absolute Gasteiger partial charge is 0.377 e. The summed E-state index contributed by atoms with van der Waals surface area (Å²) in [5.74, 6) is 1.89. The predicted molar refractivity (Wildman–Crippen MR) is 68.1 cm³/mol. The summed E-state index contributed by atoms with van der Waals surface area (Å²) in [6.45, 7) is 6.27. The second-order valence-electron chi connectivity index (χ2n) is 6.01. The maximum absolute atomic E-state index is 5.94. The number of nitrogens with one attached hydrogen (secondary N) is 1. The molecule has 96 valence electrons. The van der Waals surface area contributed by atoms with Crippen LogP contribution >= 0.6 is 0 Å². The second-order valence-corrected chi connectivity index (χ2v) is 6.01. The lowest BCUT2D eigenvalue weighted by Crippen LogP contribution is -2.45. The first-order chi connectivity index (χ1) is 8.19. The maximum Gasteiger partial charge on any atom is 0.193 e. The summed E-state index contributed by atoms with van der Waals surface area (Å²) in [5, 5.41) is 3.52. The highest BCUT2D eigenvalue weighted by Gasteiger charge is 2.48. The van der Waals surface area contributed by atoms with E-state index in [2.05, 4.69) is 29.2 Å². The molecule has 3 aliphatic rings. The van der Waals surface area contributed by atoms with Gasteiger partial charge in [0.1, 0.15) is 0 Å². The number of nitrogens with zero attached hydrogens (tertiary/aromatic N) is 2. The number of ether oxygens (including phenoxy) is 1. The van der Waals surface area contributed by atoms with Crippen LogP contribution < -0.4 is 5.32 Å². The number of rotatable bonds is 3. The van der Waals surface area contributed by atoms with E-state index in [1.54, 1.807) is 0 Å². The molecule has 2 atom stereocenters. The molecule has 2 fully saturated rings. The zero-order valence-electron chi connectivity index (χ0n) is 10.9. The van der Waals surface area contributed by atoms with E-state index in [1.807, 2.05) is 0 Å². The molecule has 0 aromatic carbocycles. The fraction of sp³-hybridized carbons (Fsp3) is 0.923. The standard InChI is InChI=1S/C13H23N3O/c1-13(5-8-17-11(13)10-3-4-10)9-15-12-14-6-7-16(12)2/h10-11H,3-9H2,1-2H3,(H,14,15). The molecule has 1 saturated heterocycles. The molecule has 4 nitrogen and oxygen atoms in total. The van der Waals surface area contributed by atoms with E-state index in [4.69, 9.17) is 4.74 Å². The van der Waals surface area contributed by atoms with Gasteiger partial charge in [0, 0.05) is 32.2 Å². The highest BCUT2D eigenvalue weighted by atomic mass is 16.5. The van der Waals surface area contributed by atoms with Crippen LogP contribution in [0.1, 0.15) is 26.2 Å². The van der Waals surface area contributed by atoms with E-state index < -0.39 is 0 Å². The molecule has 1 aliphatic carbocycles. The van der Waals surface area contributed by atoms with Crippen molar-refractivity contribution in [1.82, 2.24) is 10.2 Å². The van der Waals surface area contributed by atoms with E-state index in [0.29, 0.717) is 11.5 Å². The number of hydrogen-bond acceptors (Lipinski definition) is 4. The minimum absolute atomic E-state index is 0.299. The Morgan fingerprint density at radius 2 is 2.35 bits per heavy atom. The number of likely N-dealkylation sites (N-methyl/N-ethyl adjacent to an activating group) is 1. The van der Waals surface area contributed by atoms with Crippen LogP contribution in [-0.2, 0) is 4.74 Å². The van der Waals surface area contributed by atoms with Crippen LogP contribution in [0.25, 0.3) is 0 Å². The molecule has 3 rings (SSSR count). The average molecular weight is 237 g/mol. The SMILES string of the molecule is CN1CCN=C1NCC1(C)CCOC1C1CC1. The molecule has 0 amide bonds. The first kappa shape index (κ1) is 11.3. The summed E-state index contributed by atoms with van der Waals surface area (Å²) in [6, 6.07) is 0. The van der Waals surface area contributed by atoms with E-state index in [1.165, 1.54) is 19.3 Å². The molecule has 1 saturated carbocycles. The quantitative estimate of drug-likeness (QED) is 0.798. The van der Waals surface area contributed by atoms with Gasteiger partial charge in [0.25, 0.3) is 0 Å². The second kappa shape index (κ2) is 4.16. The molecular weight excluding hydrogens is 214 g/mol. The minimum Gasteiger partial charge on any atom is -0.377 e.